The number of ether oxygens (including phenoxy) is 2. The van der Waals surface area contributed by atoms with Crippen molar-refractivity contribution in [2.45, 2.75) is 19.8 Å². The second-order valence-electron chi connectivity index (χ2n) is 3.65. The Morgan fingerprint density at radius 3 is 2.73 bits per heavy atom. The zero-order valence-electron chi connectivity index (χ0n) is 9.42. The van der Waals surface area contributed by atoms with Gasteiger partial charge in [-0.3, -0.25) is 4.79 Å². The lowest BCUT2D eigenvalue weighted by molar-refractivity contribution is -0.155. The van der Waals surface area contributed by atoms with Gasteiger partial charge in [0.2, 0.25) is 0 Å². The van der Waals surface area contributed by atoms with E-state index in [1.165, 1.54) is 7.11 Å². The lowest BCUT2D eigenvalue weighted by Crippen LogP contribution is -2.34. The highest BCUT2D eigenvalue weighted by atomic mass is 127. The second kappa shape index (κ2) is 8.10. The first-order valence-electron chi connectivity index (χ1n) is 4.93. The fraction of sp³-hybridized carbons (Fsp3) is 0.727. The van der Waals surface area contributed by atoms with E-state index < -0.39 is 5.41 Å². The number of halogens is 1. The SMILES string of the molecule is C=CCOCC(C)(CCCI)C(=O)OC. The standard InChI is InChI=1S/C11H19IO3/c1-4-8-15-9-11(2,6-5-7-12)10(13)14-3/h4H,1,5-9H2,2-3H3. The maximum absolute atomic E-state index is 11.6. The molecular formula is C11H19IO3. The number of alkyl halides is 1. The Morgan fingerprint density at radius 2 is 2.27 bits per heavy atom. The molecule has 4 heteroatoms. The number of esters is 1. The summed E-state index contributed by atoms with van der Waals surface area (Å²) in [6.07, 6.45) is 3.46. The van der Waals surface area contributed by atoms with Crippen LogP contribution in [0, 0.1) is 5.41 Å². The molecule has 15 heavy (non-hydrogen) atoms. The Kier molecular flexibility index (Phi) is 8.04. The third-order valence-electron chi connectivity index (χ3n) is 2.20. The zero-order chi connectivity index (χ0) is 11.7. The van der Waals surface area contributed by atoms with E-state index in [-0.39, 0.29) is 5.97 Å². The van der Waals surface area contributed by atoms with Crippen molar-refractivity contribution in [3.05, 3.63) is 12.7 Å². The Labute approximate surface area is 105 Å². The van der Waals surface area contributed by atoms with Gasteiger partial charge in [-0.25, -0.2) is 0 Å². The molecule has 0 aliphatic rings. The summed E-state index contributed by atoms with van der Waals surface area (Å²) in [4.78, 5) is 11.6. The minimum Gasteiger partial charge on any atom is -0.469 e. The van der Waals surface area contributed by atoms with E-state index in [1.54, 1.807) is 6.08 Å². The van der Waals surface area contributed by atoms with Crippen LogP contribution in [0.4, 0.5) is 0 Å². The molecule has 0 N–H and O–H groups in total. The van der Waals surface area contributed by atoms with Gasteiger partial charge in [-0.05, 0) is 24.2 Å². The molecule has 0 aliphatic carbocycles. The third-order valence-corrected chi connectivity index (χ3v) is 2.96. The molecule has 1 atom stereocenters. The lowest BCUT2D eigenvalue weighted by Gasteiger charge is -2.25. The Balaban J connectivity index is 4.26. The monoisotopic (exact) mass is 326 g/mol. The van der Waals surface area contributed by atoms with Gasteiger partial charge in [0, 0.05) is 0 Å². The largest absolute Gasteiger partial charge is 0.469 e. The Hall–Kier alpha value is -0.100. The van der Waals surface area contributed by atoms with E-state index in [0.717, 1.165) is 17.3 Å². The highest BCUT2D eigenvalue weighted by molar-refractivity contribution is 14.1. The first kappa shape index (κ1) is 14.9. The van der Waals surface area contributed by atoms with Crippen LogP contribution in [0.3, 0.4) is 0 Å². The maximum Gasteiger partial charge on any atom is 0.313 e. The van der Waals surface area contributed by atoms with Crippen LogP contribution >= 0.6 is 22.6 Å². The van der Waals surface area contributed by atoms with E-state index in [9.17, 15) is 4.79 Å². The van der Waals surface area contributed by atoms with Gasteiger partial charge in [0.1, 0.15) is 0 Å². The summed E-state index contributed by atoms with van der Waals surface area (Å²) in [5.41, 5.74) is -0.525. The molecule has 3 nitrogen and oxygen atoms in total. The van der Waals surface area contributed by atoms with Crippen molar-refractivity contribution in [2.75, 3.05) is 24.8 Å². The second-order valence-corrected chi connectivity index (χ2v) is 4.73. The van der Waals surface area contributed by atoms with Crippen molar-refractivity contribution in [2.24, 2.45) is 5.41 Å². The molecule has 0 amide bonds. The van der Waals surface area contributed by atoms with Gasteiger partial charge in [-0.2, -0.15) is 0 Å². The van der Waals surface area contributed by atoms with Crippen LogP contribution in [0.5, 0.6) is 0 Å². The maximum atomic E-state index is 11.6. The summed E-state index contributed by atoms with van der Waals surface area (Å²) in [6, 6.07) is 0. The number of carbonyl (C=O) groups excluding carboxylic acids is 1. The fourth-order valence-electron chi connectivity index (χ4n) is 1.30. The lowest BCUT2D eigenvalue weighted by atomic mass is 9.86. The van der Waals surface area contributed by atoms with E-state index in [4.69, 9.17) is 9.47 Å². The first-order valence-corrected chi connectivity index (χ1v) is 6.46. The van der Waals surface area contributed by atoms with Gasteiger partial charge >= 0.3 is 5.97 Å². The molecule has 0 heterocycles. The van der Waals surface area contributed by atoms with E-state index in [0.29, 0.717) is 13.2 Å². The number of methoxy groups -OCH3 is 1. The number of hydrogen-bond donors (Lipinski definition) is 0. The van der Waals surface area contributed by atoms with Crippen LogP contribution in [-0.4, -0.2) is 30.7 Å². The number of rotatable bonds is 8. The summed E-state index contributed by atoms with van der Waals surface area (Å²) in [7, 11) is 1.41. The average molecular weight is 326 g/mol. The molecule has 0 aromatic heterocycles. The average Bonchev–Trinajstić information content (AvgIpc) is 2.25. The molecule has 1 unspecified atom stereocenters. The first-order chi connectivity index (χ1) is 7.10. The highest BCUT2D eigenvalue weighted by Gasteiger charge is 2.33. The van der Waals surface area contributed by atoms with E-state index in [1.807, 2.05) is 6.92 Å². The molecule has 0 aromatic rings. The van der Waals surface area contributed by atoms with E-state index >= 15 is 0 Å². The van der Waals surface area contributed by atoms with Gasteiger partial charge in [0.15, 0.2) is 0 Å². The van der Waals surface area contributed by atoms with Gasteiger partial charge in [-0.15, -0.1) is 6.58 Å². The third kappa shape index (κ3) is 5.51. The van der Waals surface area contributed by atoms with Crippen LogP contribution in [0.2, 0.25) is 0 Å². The van der Waals surface area contributed by atoms with Crippen molar-refractivity contribution in [3.63, 3.8) is 0 Å². The van der Waals surface area contributed by atoms with Crippen molar-refractivity contribution in [1.82, 2.24) is 0 Å². The molecule has 0 aliphatic heterocycles. The van der Waals surface area contributed by atoms with Gasteiger partial charge in [0.05, 0.1) is 25.7 Å². The molecule has 88 valence electrons. The van der Waals surface area contributed by atoms with Gasteiger partial charge in [0.25, 0.3) is 0 Å². The van der Waals surface area contributed by atoms with Crippen molar-refractivity contribution < 1.29 is 14.3 Å². The smallest absolute Gasteiger partial charge is 0.313 e. The van der Waals surface area contributed by atoms with Crippen LogP contribution in [0.1, 0.15) is 19.8 Å². The minimum absolute atomic E-state index is 0.198. The van der Waals surface area contributed by atoms with Crippen molar-refractivity contribution >= 4 is 28.6 Å². The van der Waals surface area contributed by atoms with Gasteiger partial charge < -0.3 is 9.47 Å². The predicted octanol–water partition coefficient (Wildman–Crippen LogP) is 2.58. The molecule has 0 bridgehead atoms. The summed E-state index contributed by atoms with van der Waals surface area (Å²) in [5.74, 6) is -0.198. The molecular weight excluding hydrogens is 307 g/mol. The molecule has 0 spiro atoms. The number of carbonyl (C=O) groups is 1. The van der Waals surface area contributed by atoms with Crippen LogP contribution in [0.25, 0.3) is 0 Å². The summed E-state index contributed by atoms with van der Waals surface area (Å²) >= 11 is 2.30. The summed E-state index contributed by atoms with van der Waals surface area (Å²) in [5, 5.41) is 0. The van der Waals surface area contributed by atoms with Crippen LogP contribution < -0.4 is 0 Å². The van der Waals surface area contributed by atoms with E-state index in [2.05, 4.69) is 29.2 Å². The number of hydrogen-bond acceptors (Lipinski definition) is 3. The summed E-state index contributed by atoms with van der Waals surface area (Å²) < 4.78 is 11.2. The molecule has 0 aromatic carbocycles. The normalized spacial score (nSPS) is 14.3. The van der Waals surface area contributed by atoms with Crippen LogP contribution in [-0.2, 0) is 14.3 Å². The summed E-state index contributed by atoms with van der Waals surface area (Å²) in [6.45, 7) is 6.31. The zero-order valence-corrected chi connectivity index (χ0v) is 11.6. The topological polar surface area (TPSA) is 35.5 Å². The molecule has 0 radical (unpaired) electrons. The quantitative estimate of drug-likeness (QED) is 0.226. The Bertz CT molecular complexity index is 206. The molecule has 0 fully saturated rings. The van der Waals surface area contributed by atoms with Crippen molar-refractivity contribution in [1.29, 1.82) is 0 Å². The predicted molar refractivity (Wildman–Crippen MR) is 69.3 cm³/mol. The highest BCUT2D eigenvalue weighted by Crippen LogP contribution is 2.26. The van der Waals surface area contributed by atoms with Crippen LogP contribution in [0.15, 0.2) is 12.7 Å². The molecule has 0 saturated carbocycles. The van der Waals surface area contributed by atoms with Crippen molar-refractivity contribution in [3.8, 4) is 0 Å². The molecule has 0 rings (SSSR count). The Morgan fingerprint density at radius 1 is 1.60 bits per heavy atom. The minimum atomic E-state index is -0.525. The molecule has 0 saturated heterocycles. The fourth-order valence-corrected chi connectivity index (χ4v) is 1.69. The van der Waals surface area contributed by atoms with Gasteiger partial charge in [-0.1, -0.05) is 28.7 Å².